The molecular formula is C18H23FN2O3S2. The molecule has 2 aliphatic rings. The monoisotopic (exact) mass is 398 g/mol. The normalized spacial score (nSPS) is 21.3. The van der Waals surface area contributed by atoms with Gasteiger partial charge < -0.3 is 4.74 Å². The number of halogens is 1. The van der Waals surface area contributed by atoms with E-state index < -0.39 is 10.0 Å². The second-order valence-corrected chi connectivity index (χ2v) is 10.3. The molecule has 0 bridgehead atoms. The van der Waals surface area contributed by atoms with Crippen molar-refractivity contribution in [3.05, 3.63) is 24.0 Å². The maximum atomic E-state index is 13.8. The van der Waals surface area contributed by atoms with Crippen LogP contribution in [0.5, 0.6) is 5.19 Å². The van der Waals surface area contributed by atoms with Crippen molar-refractivity contribution in [2.24, 2.45) is 0 Å². The standard InChI is InChI=1S/C18H23FN2O3S2/c19-15-7-4-8-16-17(15)20-18(25-16)24-13-9-11-21(12-10-13)26(22,23)14-5-2-1-3-6-14/h4,7-8,13-14H,1-3,5-6,9-12H2. The number of rotatable bonds is 4. The summed E-state index contributed by atoms with van der Waals surface area (Å²) >= 11 is 1.33. The molecule has 1 aliphatic carbocycles. The van der Waals surface area contributed by atoms with Crippen molar-refractivity contribution in [1.29, 1.82) is 0 Å². The summed E-state index contributed by atoms with van der Waals surface area (Å²) in [5, 5.41) is 0.250. The van der Waals surface area contributed by atoms with Crippen molar-refractivity contribution in [2.75, 3.05) is 13.1 Å². The van der Waals surface area contributed by atoms with E-state index in [1.165, 1.54) is 17.4 Å². The average Bonchev–Trinajstić information content (AvgIpc) is 3.07. The number of hydrogen-bond acceptors (Lipinski definition) is 5. The number of para-hydroxylation sites is 1. The highest BCUT2D eigenvalue weighted by Crippen LogP contribution is 2.32. The van der Waals surface area contributed by atoms with E-state index in [4.69, 9.17) is 4.74 Å². The first kappa shape index (κ1) is 18.1. The summed E-state index contributed by atoms with van der Waals surface area (Å²) < 4.78 is 47.7. The van der Waals surface area contributed by atoms with Gasteiger partial charge in [-0.2, -0.15) is 4.98 Å². The SMILES string of the molecule is O=S(=O)(C1CCCCC1)N1CCC(Oc2nc3c(F)cccc3s2)CC1. The molecule has 0 spiro atoms. The lowest BCUT2D eigenvalue weighted by Gasteiger charge is -2.34. The van der Waals surface area contributed by atoms with Gasteiger partial charge in [0, 0.05) is 13.1 Å². The Morgan fingerprint density at radius 1 is 1.12 bits per heavy atom. The quantitative estimate of drug-likeness (QED) is 0.783. The molecule has 2 aromatic rings. The Balaban J connectivity index is 1.38. The minimum absolute atomic E-state index is 0.0728. The van der Waals surface area contributed by atoms with E-state index in [1.807, 2.05) is 6.07 Å². The number of benzene rings is 1. The molecule has 1 saturated carbocycles. The lowest BCUT2D eigenvalue weighted by Crippen LogP contribution is -2.46. The zero-order valence-corrected chi connectivity index (χ0v) is 16.2. The van der Waals surface area contributed by atoms with E-state index in [-0.39, 0.29) is 17.2 Å². The van der Waals surface area contributed by atoms with Crippen LogP contribution in [0.4, 0.5) is 4.39 Å². The molecule has 2 fully saturated rings. The van der Waals surface area contributed by atoms with E-state index in [0.29, 0.717) is 36.6 Å². The summed E-state index contributed by atoms with van der Waals surface area (Å²) in [6.45, 7) is 0.978. The Hall–Kier alpha value is -1.25. The zero-order chi connectivity index (χ0) is 18.1. The topological polar surface area (TPSA) is 59.5 Å². The van der Waals surface area contributed by atoms with Crippen LogP contribution < -0.4 is 4.74 Å². The Bertz CT molecular complexity index is 870. The van der Waals surface area contributed by atoms with E-state index in [1.54, 1.807) is 10.4 Å². The van der Waals surface area contributed by atoms with Crippen molar-refractivity contribution in [1.82, 2.24) is 9.29 Å². The highest BCUT2D eigenvalue weighted by Gasteiger charge is 2.35. The van der Waals surface area contributed by atoms with Crippen LogP contribution in [0.2, 0.25) is 0 Å². The first-order chi connectivity index (χ1) is 12.5. The number of hydrogen-bond donors (Lipinski definition) is 0. The summed E-state index contributed by atoms with van der Waals surface area (Å²) in [5.74, 6) is -0.345. The molecule has 142 valence electrons. The minimum atomic E-state index is -3.19. The van der Waals surface area contributed by atoms with Gasteiger partial charge in [0.15, 0.2) is 0 Å². The Morgan fingerprint density at radius 2 is 1.85 bits per heavy atom. The third-order valence-corrected chi connectivity index (χ3v) is 8.66. The van der Waals surface area contributed by atoms with Crippen molar-refractivity contribution in [3.63, 3.8) is 0 Å². The summed E-state index contributed by atoms with van der Waals surface area (Å²) in [6.07, 6.45) is 5.96. The molecule has 2 heterocycles. The maximum Gasteiger partial charge on any atom is 0.274 e. The molecule has 1 aliphatic heterocycles. The fraction of sp³-hybridized carbons (Fsp3) is 0.611. The molecule has 4 rings (SSSR count). The largest absolute Gasteiger partial charge is 0.467 e. The third-order valence-electron chi connectivity index (χ3n) is 5.35. The highest BCUT2D eigenvalue weighted by molar-refractivity contribution is 7.89. The number of piperidine rings is 1. The Kier molecular flexibility index (Phi) is 5.16. The van der Waals surface area contributed by atoms with Crippen LogP contribution in [0, 0.1) is 5.82 Å². The zero-order valence-electron chi connectivity index (χ0n) is 14.6. The molecule has 0 unspecified atom stereocenters. The molecular weight excluding hydrogens is 375 g/mol. The maximum absolute atomic E-state index is 13.8. The van der Waals surface area contributed by atoms with Gasteiger partial charge in [-0.3, -0.25) is 0 Å². The van der Waals surface area contributed by atoms with Crippen LogP contribution in [0.15, 0.2) is 18.2 Å². The Labute approximate surface area is 157 Å². The molecule has 0 amide bonds. The summed E-state index contributed by atoms with van der Waals surface area (Å²) in [5.41, 5.74) is 0.338. The number of aromatic nitrogens is 1. The molecule has 0 atom stereocenters. The van der Waals surface area contributed by atoms with Gasteiger partial charge in [-0.1, -0.05) is 36.7 Å². The predicted molar refractivity (Wildman–Crippen MR) is 101 cm³/mol. The lowest BCUT2D eigenvalue weighted by atomic mass is 10.0. The first-order valence-corrected chi connectivity index (χ1v) is 11.6. The van der Waals surface area contributed by atoms with E-state index in [9.17, 15) is 12.8 Å². The number of nitrogens with zero attached hydrogens (tertiary/aromatic N) is 2. The van der Waals surface area contributed by atoms with Gasteiger partial charge in [-0.25, -0.2) is 17.1 Å². The number of sulfonamides is 1. The second kappa shape index (κ2) is 7.40. The highest BCUT2D eigenvalue weighted by atomic mass is 32.2. The van der Waals surface area contributed by atoms with Crippen LogP contribution in [-0.4, -0.2) is 42.2 Å². The number of thiazole rings is 1. The molecule has 0 N–H and O–H groups in total. The van der Waals surface area contributed by atoms with Gasteiger partial charge >= 0.3 is 0 Å². The van der Waals surface area contributed by atoms with Gasteiger partial charge in [-0.15, -0.1) is 0 Å². The summed E-state index contributed by atoms with van der Waals surface area (Å²) in [6, 6.07) is 4.87. The van der Waals surface area contributed by atoms with Crippen LogP contribution >= 0.6 is 11.3 Å². The van der Waals surface area contributed by atoms with Crippen LogP contribution in [0.25, 0.3) is 10.2 Å². The van der Waals surface area contributed by atoms with Crippen LogP contribution in [0.3, 0.4) is 0 Å². The molecule has 0 radical (unpaired) electrons. The second-order valence-electron chi connectivity index (χ2n) is 7.09. The molecule has 8 heteroatoms. The van der Waals surface area contributed by atoms with Gasteiger partial charge in [0.2, 0.25) is 10.0 Å². The van der Waals surface area contributed by atoms with Gasteiger partial charge in [-0.05, 0) is 37.8 Å². The fourth-order valence-electron chi connectivity index (χ4n) is 3.87. The van der Waals surface area contributed by atoms with Crippen molar-refractivity contribution < 1.29 is 17.5 Å². The average molecular weight is 399 g/mol. The van der Waals surface area contributed by atoms with Gasteiger partial charge in [0.1, 0.15) is 17.4 Å². The Morgan fingerprint density at radius 3 is 2.54 bits per heavy atom. The number of ether oxygens (including phenoxy) is 1. The third kappa shape index (κ3) is 3.59. The summed E-state index contributed by atoms with van der Waals surface area (Å²) in [4.78, 5) is 4.24. The molecule has 26 heavy (non-hydrogen) atoms. The van der Waals surface area contributed by atoms with Crippen molar-refractivity contribution in [2.45, 2.75) is 56.3 Å². The van der Waals surface area contributed by atoms with E-state index in [2.05, 4.69) is 4.98 Å². The van der Waals surface area contributed by atoms with E-state index in [0.717, 1.165) is 36.8 Å². The van der Waals surface area contributed by atoms with Crippen molar-refractivity contribution in [3.8, 4) is 5.19 Å². The molecule has 5 nitrogen and oxygen atoms in total. The lowest BCUT2D eigenvalue weighted by molar-refractivity contribution is 0.134. The molecule has 1 saturated heterocycles. The van der Waals surface area contributed by atoms with Crippen molar-refractivity contribution >= 4 is 31.6 Å². The fourth-order valence-corrected chi connectivity index (χ4v) is 6.83. The molecule has 1 aromatic carbocycles. The first-order valence-electron chi connectivity index (χ1n) is 9.25. The smallest absolute Gasteiger partial charge is 0.274 e. The van der Waals surface area contributed by atoms with Crippen LogP contribution in [-0.2, 0) is 10.0 Å². The van der Waals surface area contributed by atoms with E-state index >= 15 is 0 Å². The summed E-state index contributed by atoms with van der Waals surface area (Å²) in [7, 11) is -3.19. The van der Waals surface area contributed by atoms with Crippen LogP contribution in [0.1, 0.15) is 44.9 Å². The van der Waals surface area contributed by atoms with Gasteiger partial charge in [0.25, 0.3) is 5.19 Å². The molecule has 1 aromatic heterocycles. The minimum Gasteiger partial charge on any atom is -0.467 e. The van der Waals surface area contributed by atoms with Gasteiger partial charge in [0.05, 0.1) is 9.95 Å². The predicted octanol–water partition coefficient (Wildman–Crippen LogP) is 3.94. The number of fused-ring (bicyclic) bond motifs is 1.